The van der Waals surface area contributed by atoms with Crippen molar-refractivity contribution in [3.63, 3.8) is 0 Å². The molecule has 0 aliphatic heterocycles. The molecule has 0 nitrogen and oxygen atoms in total. The van der Waals surface area contributed by atoms with E-state index in [1.165, 1.54) is 19.3 Å². The first kappa shape index (κ1) is 11.2. The summed E-state index contributed by atoms with van der Waals surface area (Å²) in [6.45, 7) is 5.86. The van der Waals surface area contributed by atoms with E-state index in [1.54, 1.807) is 0 Å². The number of hydrogen-bond donors (Lipinski definition) is 0. The molecule has 0 saturated heterocycles. The summed E-state index contributed by atoms with van der Waals surface area (Å²) in [4.78, 5) is 0. The lowest BCUT2D eigenvalue weighted by Crippen LogP contribution is -1.66. The Morgan fingerprint density at radius 3 is 2.08 bits per heavy atom. The molecule has 0 fully saturated rings. The maximum atomic E-state index is 3.65. The molecule has 12 heavy (non-hydrogen) atoms. The third-order valence-corrected chi connectivity index (χ3v) is 1.59. The number of rotatable bonds is 7. The molecule has 0 aromatic carbocycles. The van der Waals surface area contributed by atoms with Crippen LogP contribution in [0.15, 0.2) is 37.0 Å². The molecule has 0 amide bonds. The fourth-order valence-electron chi connectivity index (χ4n) is 0.905. The second kappa shape index (κ2) is 10.2. The van der Waals surface area contributed by atoms with Crippen molar-refractivity contribution in [1.82, 2.24) is 0 Å². The van der Waals surface area contributed by atoms with E-state index >= 15 is 0 Å². The van der Waals surface area contributed by atoms with Crippen molar-refractivity contribution in [1.29, 1.82) is 0 Å². The molecular formula is C12H20. The summed E-state index contributed by atoms with van der Waals surface area (Å²) in [5, 5.41) is 0. The standard InChI is InChI=1S/C12H20/c1-3-5-7-9-11-12-10-8-6-4-2/h3,7-10H,1,4-6,11-12H2,2H3/b9-7+,10-8-. The molecule has 0 bridgehead atoms. The van der Waals surface area contributed by atoms with E-state index in [2.05, 4.69) is 37.8 Å². The Labute approximate surface area is 76.7 Å². The Morgan fingerprint density at radius 1 is 0.917 bits per heavy atom. The Kier molecular flexibility index (Phi) is 9.56. The second-order valence-electron chi connectivity index (χ2n) is 2.83. The molecule has 0 aliphatic rings. The first-order chi connectivity index (χ1) is 5.91. The van der Waals surface area contributed by atoms with Gasteiger partial charge in [-0.15, -0.1) is 6.58 Å². The smallest absolute Gasteiger partial charge is 0.0172 e. The van der Waals surface area contributed by atoms with Crippen molar-refractivity contribution in [3.8, 4) is 0 Å². The van der Waals surface area contributed by atoms with Crippen LogP contribution in [0, 0.1) is 0 Å². The number of hydrogen-bond acceptors (Lipinski definition) is 0. The minimum atomic E-state index is 0.999. The highest BCUT2D eigenvalue weighted by Crippen LogP contribution is 1.96. The van der Waals surface area contributed by atoms with Crippen LogP contribution in [0.3, 0.4) is 0 Å². The van der Waals surface area contributed by atoms with E-state index in [0.29, 0.717) is 0 Å². The van der Waals surface area contributed by atoms with Crippen LogP contribution in [0.2, 0.25) is 0 Å². The van der Waals surface area contributed by atoms with Crippen LogP contribution in [-0.4, -0.2) is 0 Å². The first-order valence-corrected chi connectivity index (χ1v) is 4.82. The summed E-state index contributed by atoms with van der Waals surface area (Å²) in [7, 11) is 0. The predicted octanol–water partition coefficient (Wildman–Crippen LogP) is 4.26. The zero-order chi connectivity index (χ0) is 9.07. The third kappa shape index (κ3) is 9.22. The predicted molar refractivity (Wildman–Crippen MR) is 57.2 cm³/mol. The average Bonchev–Trinajstić information content (AvgIpc) is 2.10. The molecule has 0 saturated carbocycles. The van der Waals surface area contributed by atoms with Crippen LogP contribution in [0.4, 0.5) is 0 Å². The highest BCUT2D eigenvalue weighted by atomic mass is 13.8. The Bertz CT molecular complexity index is 140. The molecule has 0 aromatic heterocycles. The number of allylic oxidation sites excluding steroid dienone is 5. The zero-order valence-electron chi connectivity index (χ0n) is 8.13. The van der Waals surface area contributed by atoms with E-state index in [9.17, 15) is 0 Å². The summed E-state index contributed by atoms with van der Waals surface area (Å²) in [6, 6.07) is 0. The highest BCUT2D eigenvalue weighted by molar-refractivity contribution is 4.91. The van der Waals surface area contributed by atoms with Gasteiger partial charge in [-0.2, -0.15) is 0 Å². The minimum absolute atomic E-state index is 0.999. The monoisotopic (exact) mass is 164 g/mol. The normalized spacial score (nSPS) is 11.4. The molecule has 0 radical (unpaired) electrons. The maximum Gasteiger partial charge on any atom is -0.0172 e. The molecule has 0 atom stereocenters. The van der Waals surface area contributed by atoms with Crippen LogP contribution in [-0.2, 0) is 0 Å². The first-order valence-electron chi connectivity index (χ1n) is 4.82. The van der Waals surface area contributed by atoms with Gasteiger partial charge >= 0.3 is 0 Å². The van der Waals surface area contributed by atoms with Gasteiger partial charge in [0.25, 0.3) is 0 Å². The maximum absolute atomic E-state index is 3.65. The summed E-state index contributed by atoms with van der Waals surface area (Å²) < 4.78 is 0. The van der Waals surface area contributed by atoms with Gasteiger partial charge in [-0.25, -0.2) is 0 Å². The summed E-state index contributed by atoms with van der Waals surface area (Å²) in [5.74, 6) is 0. The average molecular weight is 164 g/mol. The van der Waals surface area contributed by atoms with Crippen molar-refractivity contribution in [2.75, 3.05) is 0 Å². The van der Waals surface area contributed by atoms with Gasteiger partial charge in [0, 0.05) is 0 Å². The van der Waals surface area contributed by atoms with Gasteiger partial charge in [0.2, 0.25) is 0 Å². The van der Waals surface area contributed by atoms with Crippen molar-refractivity contribution < 1.29 is 0 Å². The highest BCUT2D eigenvalue weighted by Gasteiger charge is 1.76. The Balaban J connectivity index is 3.14. The Hall–Kier alpha value is -0.780. The lowest BCUT2D eigenvalue weighted by atomic mass is 10.2. The van der Waals surface area contributed by atoms with E-state index in [-0.39, 0.29) is 0 Å². The molecule has 0 aliphatic carbocycles. The van der Waals surface area contributed by atoms with Gasteiger partial charge < -0.3 is 0 Å². The molecule has 0 heterocycles. The minimum Gasteiger partial charge on any atom is -0.103 e. The fraction of sp³-hybridized carbons (Fsp3) is 0.500. The molecule has 0 N–H and O–H groups in total. The third-order valence-electron chi connectivity index (χ3n) is 1.59. The molecule has 0 spiro atoms. The Morgan fingerprint density at radius 2 is 1.50 bits per heavy atom. The second-order valence-corrected chi connectivity index (χ2v) is 2.83. The van der Waals surface area contributed by atoms with Crippen molar-refractivity contribution >= 4 is 0 Å². The van der Waals surface area contributed by atoms with Crippen LogP contribution in [0.1, 0.15) is 39.0 Å². The lowest BCUT2D eigenvalue weighted by molar-refractivity contribution is 0.943. The van der Waals surface area contributed by atoms with Crippen molar-refractivity contribution in [3.05, 3.63) is 37.0 Å². The van der Waals surface area contributed by atoms with E-state index in [0.717, 1.165) is 12.8 Å². The summed E-state index contributed by atoms with van der Waals surface area (Å²) in [5.41, 5.74) is 0. The quantitative estimate of drug-likeness (QED) is 0.389. The van der Waals surface area contributed by atoms with E-state index < -0.39 is 0 Å². The molecule has 0 unspecified atom stereocenters. The molecule has 0 aromatic rings. The molecule has 0 heteroatoms. The van der Waals surface area contributed by atoms with Gasteiger partial charge in [-0.1, -0.05) is 43.7 Å². The van der Waals surface area contributed by atoms with Crippen LogP contribution >= 0.6 is 0 Å². The van der Waals surface area contributed by atoms with E-state index in [1.807, 2.05) is 6.08 Å². The van der Waals surface area contributed by atoms with Crippen molar-refractivity contribution in [2.45, 2.75) is 39.0 Å². The lowest BCUT2D eigenvalue weighted by Gasteiger charge is -1.86. The fourth-order valence-corrected chi connectivity index (χ4v) is 0.905. The molecular weight excluding hydrogens is 144 g/mol. The van der Waals surface area contributed by atoms with Crippen LogP contribution < -0.4 is 0 Å². The summed E-state index contributed by atoms with van der Waals surface area (Å²) >= 11 is 0. The van der Waals surface area contributed by atoms with Gasteiger partial charge in [0.1, 0.15) is 0 Å². The molecule has 0 rings (SSSR count). The van der Waals surface area contributed by atoms with Gasteiger partial charge in [0.15, 0.2) is 0 Å². The zero-order valence-corrected chi connectivity index (χ0v) is 8.13. The SMILES string of the molecule is C=CC/C=C/CC/C=C\CCC. The largest absolute Gasteiger partial charge is 0.103 e. The number of unbranched alkanes of at least 4 members (excludes halogenated alkanes) is 2. The summed E-state index contributed by atoms with van der Waals surface area (Å²) in [6.07, 6.45) is 16.6. The van der Waals surface area contributed by atoms with Gasteiger partial charge in [0.05, 0.1) is 0 Å². The van der Waals surface area contributed by atoms with Crippen molar-refractivity contribution in [2.24, 2.45) is 0 Å². The van der Waals surface area contributed by atoms with Crippen LogP contribution in [0.5, 0.6) is 0 Å². The topological polar surface area (TPSA) is 0 Å². The van der Waals surface area contributed by atoms with Gasteiger partial charge in [-0.05, 0) is 25.7 Å². The van der Waals surface area contributed by atoms with Crippen LogP contribution in [0.25, 0.3) is 0 Å². The van der Waals surface area contributed by atoms with E-state index in [4.69, 9.17) is 0 Å². The molecule has 68 valence electrons. The van der Waals surface area contributed by atoms with Gasteiger partial charge in [-0.3, -0.25) is 0 Å².